The minimum atomic E-state index is -0.510. The van der Waals surface area contributed by atoms with Crippen LogP contribution in [0.25, 0.3) is 0 Å². The normalized spacial score (nSPS) is 9.89. The van der Waals surface area contributed by atoms with Crippen LogP contribution in [0.5, 0.6) is 5.75 Å². The van der Waals surface area contributed by atoms with E-state index in [0.717, 1.165) is 5.75 Å². The van der Waals surface area contributed by atoms with E-state index in [9.17, 15) is 4.79 Å². The standard InChI is InChI=1S/C14H14N2O3/c15-13-8-4-7-12(16-13)14(17)19-10-9-18-11-5-2-1-3-6-11/h1-8H,9-10H2,(H2,15,16). The van der Waals surface area contributed by atoms with Gasteiger partial charge in [0.2, 0.25) is 0 Å². The van der Waals surface area contributed by atoms with Gasteiger partial charge in [0.25, 0.3) is 0 Å². The Morgan fingerprint density at radius 3 is 2.58 bits per heavy atom. The van der Waals surface area contributed by atoms with Gasteiger partial charge in [-0.25, -0.2) is 9.78 Å². The van der Waals surface area contributed by atoms with Crippen molar-refractivity contribution in [3.05, 3.63) is 54.2 Å². The summed E-state index contributed by atoms with van der Waals surface area (Å²) in [5.74, 6) is 0.513. The van der Waals surface area contributed by atoms with Crippen molar-refractivity contribution in [3.63, 3.8) is 0 Å². The van der Waals surface area contributed by atoms with Gasteiger partial charge in [0.15, 0.2) is 5.69 Å². The number of anilines is 1. The number of aromatic nitrogens is 1. The first-order valence-electron chi connectivity index (χ1n) is 5.83. The second-order valence-corrected chi connectivity index (χ2v) is 3.75. The number of nitrogen functional groups attached to an aromatic ring is 1. The Hall–Kier alpha value is -2.56. The summed E-state index contributed by atoms with van der Waals surface area (Å²) in [4.78, 5) is 15.5. The molecule has 0 unspecified atom stereocenters. The van der Waals surface area contributed by atoms with Crippen molar-refractivity contribution >= 4 is 11.8 Å². The number of hydrogen-bond donors (Lipinski definition) is 1. The quantitative estimate of drug-likeness (QED) is 0.655. The Labute approximate surface area is 111 Å². The molecular weight excluding hydrogens is 244 g/mol. The fourth-order valence-electron chi connectivity index (χ4n) is 1.45. The van der Waals surface area contributed by atoms with Gasteiger partial charge in [-0.15, -0.1) is 0 Å². The topological polar surface area (TPSA) is 74.4 Å². The van der Waals surface area contributed by atoms with Crippen LogP contribution in [0.1, 0.15) is 10.5 Å². The first kappa shape index (κ1) is 12.9. The zero-order valence-electron chi connectivity index (χ0n) is 10.3. The molecule has 1 aromatic heterocycles. The van der Waals surface area contributed by atoms with Crippen LogP contribution in [-0.4, -0.2) is 24.2 Å². The van der Waals surface area contributed by atoms with E-state index < -0.39 is 5.97 Å². The smallest absolute Gasteiger partial charge is 0.357 e. The van der Waals surface area contributed by atoms with Gasteiger partial charge in [-0.2, -0.15) is 0 Å². The van der Waals surface area contributed by atoms with Gasteiger partial charge in [-0.1, -0.05) is 24.3 Å². The second-order valence-electron chi connectivity index (χ2n) is 3.75. The molecule has 0 spiro atoms. The molecule has 0 atom stereocenters. The van der Waals surface area contributed by atoms with Crippen LogP contribution in [-0.2, 0) is 4.74 Å². The summed E-state index contributed by atoms with van der Waals surface area (Å²) >= 11 is 0. The summed E-state index contributed by atoms with van der Waals surface area (Å²) in [6.45, 7) is 0.447. The van der Waals surface area contributed by atoms with E-state index in [4.69, 9.17) is 15.2 Å². The van der Waals surface area contributed by atoms with Gasteiger partial charge in [-0.3, -0.25) is 0 Å². The number of carbonyl (C=O) groups excluding carboxylic acids is 1. The highest BCUT2D eigenvalue weighted by molar-refractivity contribution is 5.87. The van der Waals surface area contributed by atoms with Gasteiger partial charge in [0.1, 0.15) is 24.8 Å². The number of hydrogen-bond acceptors (Lipinski definition) is 5. The Morgan fingerprint density at radius 2 is 1.84 bits per heavy atom. The Morgan fingerprint density at radius 1 is 1.05 bits per heavy atom. The van der Waals surface area contributed by atoms with E-state index in [0.29, 0.717) is 0 Å². The lowest BCUT2D eigenvalue weighted by molar-refractivity contribution is 0.0444. The first-order chi connectivity index (χ1) is 9.25. The van der Waals surface area contributed by atoms with E-state index in [1.807, 2.05) is 30.3 Å². The number of nitrogens with two attached hydrogens (primary N) is 1. The zero-order valence-corrected chi connectivity index (χ0v) is 10.3. The molecule has 0 aliphatic rings. The van der Waals surface area contributed by atoms with Crippen molar-refractivity contribution in [2.24, 2.45) is 0 Å². The van der Waals surface area contributed by atoms with Crippen molar-refractivity contribution in [2.75, 3.05) is 18.9 Å². The molecule has 2 N–H and O–H groups in total. The fourth-order valence-corrected chi connectivity index (χ4v) is 1.45. The average Bonchev–Trinajstić information content (AvgIpc) is 2.44. The SMILES string of the molecule is Nc1cccc(C(=O)OCCOc2ccccc2)n1. The Kier molecular flexibility index (Phi) is 4.34. The fraction of sp³-hybridized carbons (Fsp3) is 0.143. The van der Waals surface area contributed by atoms with Crippen LogP contribution in [0, 0.1) is 0 Å². The third-order valence-corrected chi connectivity index (χ3v) is 2.31. The molecule has 5 heteroatoms. The van der Waals surface area contributed by atoms with Crippen molar-refractivity contribution in [2.45, 2.75) is 0 Å². The third kappa shape index (κ3) is 3.99. The molecule has 1 heterocycles. The minimum Gasteiger partial charge on any atom is -0.490 e. The molecule has 0 amide bonds. The summed E-state index contributed by atoms with van der Waals surface area (Å²) in [6, 6.07) is 14.1. The third-order valence-electron chi connectivity index (χ3n) is 2.31. The van der Waals surface area contributed by atoms with Crippen molar-refractivity contribution in [3.8, 4) is 5.75 Å². The van der Waals surface area contributed by atoms with E-state index >= 15 is 0 Å². The highest BCUT2D eigenvalue weighted by atomic mass is 16.6. The van der Waals surface area contributed by atoms with E-state index in [-0.39, 0.29) is 24.7 Å². The summed E-state index contributed by atoms with van der Waals surface area (Å²) in [6.07, 6.45) is 0. The zero-order chi connectivity index (χ0) is 13.5. The molecule has 0 saturated carbocycles. The number of rotatable bonds is 5. The molecule has 0 radical (unpaired) electrons. The largest absolute Gasteiger partial charge is 0.490 e. The molecule has 1 aromatic carbocycles. The summed E-state index contributed by atoms with van der Waals surface area (Å²) in [5, 5.41) is 0. The average molecular weight is 258 g/mol. The molecule has 0 saturated heterocycles. The van der Waals surface area contributed by atoms with E-state index in [2.05, 4.69) is 4.98 Å². The minimum absolute atomic E-state index is 0.157. The van der Waals surface area contributed by atoms with Crippen LogP contribution >= 0.6 is 0 Å². The number of pyridine rings is 1. The number of benzene rings is 1. The Balaban J connectivity index is 1.75. The number of ether oxygens (including phenoxy) is 2. The van der Waals surface area contributed by atoms with Crippen LogP contribution in [0.4, 0.5) is 5.82 Å². The van der Waals surface area contributed by atoms with Gasteiger partial charge in [-0.05, 0) is 24.3 Å². The number of para-hydroxylation sites is 1. The molecule has 0 aliphatic carbocycles. The molecule has 0 bridgehead atoms. The predicted octanol–water partition coefficient (Wildman–Crippen LogP) is 1.90. The molecule has 19 heavy (non-hydrogen) atoms. The van der Waals surface area contributed by atoms with Gasteiger partial charge >= 0.3 is 5.97 Å². The van der Waals surface area contributed by atoms with E-state index in [1.165, 1.54) is 0 Å². The van der Waals surface area contributed by atoms with Crippen molar-refractivity contribution in [1.29, 1.82) is 0 Å². The van der Waals surface area contributed by atoms with Gasteiger partial charge in [0.05, 0.1) is 0 Å². The molecule has 0 aliphatic heterocycles. The monoisotopic (exact) mass is 258 g/mol. The second kappa shape index (κ2) is 6.39. The number of esters is 1. The Bertz CT molecular complexity index is 543. The molecule has 2 aromatic rings. The lowest BCUT2D eigenvalue weighted by atomic mass is 10.3. The highest BCUT2D eigenvalue weighted by Crippen LogP contribution is 2.08. The summed E-state index contributed by atoms with van der Waals surface area (Å²) in [7, 11) is 0. The number of carbonyl (C=O) groups is 1. The summed E-state index contributed by atoms with van der Waals surface area (Å²) in [5.41, 5.74) is 5.68. The summed E-state index contributed by atoms with van der Waals surface area (Å²) < 4.78 is 10.4. The van der Waals surface area contributed by atoms with E-state index in [1.54, 1.807) is 18.2 Å². The highest BCUT2D eigenvalue weighted by Gasteiger charge is 2.08. The van der Waals surface area contributed by atoms with Crippen LogP contribution in [0.15, 0.2) is 48.5 Å². The van der Waals surface area contributed by atoms with Crippen molar-refractivity contribution < 1.29 is 14.3 Å². The lowest BCUT2D eigenvalue weighted by Gasteiger charge is -2.07. The van der Waals surface area contributed by atoms with Crippen molar-refractivity contribution in [1.82, 2.24) is 4.98 Å². The predicted molar refractivity (Wildman–Crippen MR) is 70.9 cm³/mol. The maximum absolute atomic E-state index is 11.6. The molecular formula is C14H14N2O3. The van der Waals surface area contributed by atoms with Gasteiger partial charge in [0, 0.05) is 0 Å². The maximum atomic E-state index is 11.6. The van der Waals surface area contributed by atoms with Crippen LogP contribution in [0.2, 0.25) is 0 Å². The molecule has 5 nitrogen and oxygen atoms in total. The maximum Gasteiger partial charge on any atom is 0.357 e. The van der Waals surface area contributed by atoms with Crippen LogP contribution < -0.4 is 10.5 Å². The van der Waals surface area contributed by atoms with Gasteiger partial charge < -0.3 is 15.2 Å². The molecule has 2 rings (SSSR count). The molecule has 0 fully saturated rings. The first-order valence-corrected chi connectivity index (χ1v) is 5.83. The van der Waals surface area contributed by atoms with Crippen LogP contribution in [0.3, 0.4) is 0 Å². The number of nitrogens with zero attached hydrogens (tertiary/aromatic N) is 1. The molecule has 98 valence electrons. The lowest BCUT2D eigenvalue weighted by Crippen LogP contribution is -2.13.